The molecule has 1 aromatic carbocycles. The van der Waals surface area contributed by atoms with Gasteiger partial charge in [-0.3, -0.25) is 9.59 Å². The van der Waals surface area contributed by atoms with Gasteiger partial charge in [-0.2, -0.15) is 0 Å². The maximum Gasteiger partial charge on any atom is 0.242 e. The highest BCUT2D eigenvalue weighted by Gasteiger charge is 2.39. The monoisotopic (exact) mass is 453 g/mol. The fourth-order valence-electron chi connectivity index (χ4n) is 4.40. The zero-order chi connectivity index (χ0) is 22.1. The molecule has 168 valence electrons. The Morgan fingerprint density at radius 1 is 0.969 bits per heavy atom. The molecule has 1 saturated heterocycles. The average molecular weight is 454 g/mol. The topological polar surface area (TPSA) is 69.6 Å². The van der Waals surface area contributed by atoms with Gasteiger partial charge in [-0.05, 0) is 43.9 Å². The van der Waals surface area contributed by atoms with Gasteiger partial charge in [0.05, 0.1) is 10.7 Å². The first kappa shape index (κ1) is 21.2. The number of aromatic nitrogens is 2. The molecule has 2 aliphatic carbocycles. The standard InChI is InChI=1S/C24H28ClN5O2/c25-20-7-2-1-6-19(20)21-10-11-22(27-26-21)28-12-14-29(15-13-28)23(31)16-30(18-8-9-18)24(32)17-4-3-5-17/h1-2,6-7,10-11,17-18H,3-5,8-9,12-16H2. The highest BCUT2D eigenvalue weighted by Crippen LogP contribution is 2.34. The Labute approximate surface area is 193 Å². The van der Waals surface area contributed by atoms with Gasteiger partial charge < -0.3 is 14.7 Å². The molecule has 0 unspecified atom stereocenters. The van der Waals surface area contributed by atoms with E-state index in [-0.39, 0.29) is 30.3 Å². The van der Waals surface area contributed by atoms with E-state index >= 15 is 0 Å². The van der Waals surface area contributed by atoms with Crippen molar-refractivity contribution in [1.82, 2.24) is 20.0 Å². The van der Waals surface area contributed by atoms with Crippen LogP contribution in [0.25, 0.3) is 11.3 Å². The fraction of sp³-hybridized carbons (Fsp3) is 0.500. The SMILES string of the molecule is O=C(CN(C(=O)C1CCC1)C1CC1)N1CCN(c2ccc(-c3ccccc3Cl)nn2)CC1. The van der Waals surface area contributed by atoms with E-state index in [1.807, 2.05) is 46.2 Å². The molecule has 0 spiro atoms. The lowest BCUT2D eigenvalue weighted by molar-refractivity contribution is -0.145. The van der Waals surface area contributed by atoms with E-state index in [2.05, 4.69) is 15.1 Å². The van der Waals surface area contributed by atoms with Crippen LogP contribution in [-0.2, 0) is 9.59 Å². The summed E-state index contributed by atoms with van der Waals surface area (Å²) >= 11 is 6.26. The van der Waals surface area contributed by atoms with Crippen LogP contribution < -0.4 is 4.90 Å². The number of carbonyl (C=O) groups is 2. The maximum absolute atomic E-state index is 12.9. The third-order valence-corrected chi connectivity index (χ3v) is 7.12. The van der Waals surface area contributed by atoms with Crippen LogP contribution in [0.4, 0.5) is 5.82 Å². The van der Waals surface area contributed by atoms with E-state index in [1.54, 1.807) is 0 Å². The second-order valence-corrected chi connectivity index (χ2v) is 9.36. The molecule has 1 aliphatic heterocycles. The zero-order valence-corrected chi connectivity index (χ0v) is 18.9. The van der Waals surface area contributed by atoms with Crippen LogP contribution in [-0.4, -0.2) is 70.6 Å². The van der Waals surface area contributed by atoms with Gasteiger partial charge in [-0.15, -0.1) is 10.2 Å². The van der Waals surface area contributed by atoms with Crippen LogP contribution in [0.1, 0.15) is 32.1 Å². The first-order chi connectivity index (χ1) is 15.6. The third-order valence-electron chi connectivity index (χ3n) is 6.79. The maximum atomic E-state index is 12.9. The van der Waals surface area contributed by atoms with Gasteiger partial charge in [-0.1, -0.05) is 36.2 Å². The number of halogens is 1. The van der Waals surface area contributed by atoms with Crippen LogP contribution in [0.3, 0.4) is 0 Å². The number of nitrogens with zero attached hydrogens (tertiary/aromatic N) is 5. The molecule has 3 aliphatic rings. The van der Waals surface area contributed by atoms with Gasteiger partial charge in [-0.25, -0.2) is 0 Å². The molecular weight excluding hydrogens is 426 g/mol. The van der Waals surface area contributed by atoms with E-state index in [4.69, 9.17) is 11.6 Å². The van der Waals surface area contributed by atoms with Crippen molar-refractivity contribution < 1.29 is 9.59 Å². The summed E-state index contributed by atoms with van der Waals surface area (Å²) in [5.41, 5.74) is 1.60. The summed E-state index contributed by atoms with van der Waals surface area (Å²) in [5, 5.41) is 9.39. The van der Waals surface area contributed by atoms with Gasteiger partial charge in [0.15, 0.2) is 5.82 Å². The number of anilines is 1. The Kier molecular flexibility index (Phi) is 6.00. The third kappa shape index (κ3) is 4.44. The molecule has 2 aromatic rings. The van der Waals surface area contributed by atoms with Crippen molar-refractivity contribution in [3.8, 4) is 11.3 Å². The van der Waals surface area contributed by atoms with Crippen molar-refractivity contribution in [2.75, 3.05) is 37.6 Å². The number of carbonyl (C=O) groups excluding carboxylic acids is 2. The summed E-state index contributed by atoms with van der Waals surface area (Å²) in [4.78, 5) is 31.5. The van der Waals surface area contributed by atoms with Crippen LogP contribution in [0.15, 0.2) is 36.4 Å². The summed E-state index contributed by atoms with van der Waals surface area (Å²) in [6.45, 7) is 2.88. The summed E-state index contributed by atoms with van der Waals surface area (Å²) in [6.07, 6.45) is 5.15. The number of piperazine rings is 1. The lowest BCUT2D eigenvalue weighted by Crippen LogP contribution is -2.53. The molecule has 0 radical (unpaired) electrons. The molecular formula is C24H28ClN5O2. The molecule has 2 amide bonds. The van der Waals surface area contributed by atoms with Gasteiger partial charge in [0.1, 0.15) is 6.54 Å². The number of amides is 2. The minimum absolute atomic E-state index is 0.0596. The molecule has 8 heteroatoms. The van der Waals surface area contributed by atoms with Crippen molar-refractivity contribution >= 4 is 29.2 Å². The molecule has 1 aromatic heterocycles. The van der Waals surface area contributed by atoms with E-state index in [0.29, 0.717) is 31.2 Å². The highest BCUT2D eigenvalue weighted by atomic mass is 35.5. The van der Waals surface area contributed by atoms with Crippen LogP contribution in [0.5, 0.6) is 0 Å². The van der Waals surface area contributed by atoms with E-state index in [9.17, 15) is 9.59 Å². The van der Waals surface area contributed by atoms with Gasteiger partial charge >= 0.3 is 0 Å². The summed E-state index contributed by atoms with van der Waals surface area (Å²) < 4.78 is 0. The smallest absolute Gasteiger partial charge is 0.242 e. The Bertz CT molecular complexity index is 982. The van der Waals surface area contributed by atoms with E-state index < -0.39 is 0 Å². The Morgan fingerprint density at radius 2 is 1.72 bits per heavy atom. The molecule has 32 heavy (non-hydrogen) atoms. The highest BCUT2D eigenvalue weighted by molar-refractivity contribution is 6.33. The van der Waals surface area contributed by atoms with Crippen LogP contribution >= 0.6 is 11.6 Å². The zero-order valence-electron chi connectivity index (χ0n) is 18.1. The summed E-state index contributed by atoms with van der Waals surface area (Å²) in [7, 11) is 0. The van der Waals surface area contributed by atoms with Crippen molar-refractivity contribution in [3.63, 3.8) is 0 Å². The number of benzene rings is 1. The number of hydrogen-bond acceptors (Lipinski definition) is 5. The van der Waals surface area contributed by atoms with Crippen molar-refractivity contribution in [2.45, 2.75) is 38.1 Å². The van der Waals surface area contributed by atoms with Crippen molar-refractivity contribution in [2.24, 2.45) is 5.92 Å². The molecule has 3 fully saturated rings. The van der Waals surface area contributed by atoms with Crippen molar-refractivity contribution in [3.05, 3.63) is 41.4 Å². The molecule has 0 N–H and O–H groups in total. The fourth-order valence-corrected chi connectivity index (χ4v) is 4.63. The van der Waals surface area contributed by atoms with Crippen LogP contribution in [0, 0.1) is 5.92 Å². The predicted molar refractivity (Wildman–Crippen MR) is 123 cm³/mol. The Morgan fingerprint density at radius 3 is 2.31 bits per heavy atom. The summed E-state index contributed by atoms with van der Waals surface area (Å²) in [5.74, 6) is 1.20. The first-order valence-electron chi connectivity index (χ1n) is 11.5. The minimum atomic E-state index is 0.0596. The average Bonchev–Trinajstić information content (AvgIpc) is 3.62. The Balaban J connectivity index is 1.16. The second kappa shape index (κ2) is 9.06. The molecule has 2 heterocycles. The molecule has 5 rings (SSSR count). The molecule has 7 nitrogen and oxygen atoms in total. The minimum Gasteiger partial charge on any atom is -0.352 e. The van der Waals surface area contributed by atoms with Gasteiger partial charge in [0.2, 0.25) is 11.8 Å². The summed E-state index contributed by atoms with van der Waals surface area (Å²) in [6, 6.07) is 11.7. The number of hydrogen-bond donors (Lipinski definition) is 0. The largest absolute Gasteiger partial charge is 0.352 e. The quantitative estimate of drug-likeness (QED) is 0.671. The van der Waals surface area contributed by atoms with Gasteiger partial charge in [0.25, 0.3) is 0 Å². The normalized spacial score (nSPS) is 18.9. The molecule has 0 bridgehead atoms. The number of rotatable bonds is 6. The lowest BCUT2D eigenvalue weighted by atomic mass is 9.84. The lowest BCUT2D eigenvalue weighted by Gasteiger charge is -2.37. The van der Waals surface area contributed by atoms with Gasteiger partial charge in [0, 0.05) is 43.7 Å². The van der Waals surface area contributed by atoms with Crippen LogP contribution in [0.2, 0.25) is 5.02 Å². The van der Waals surface area contributed by atoms with E-state index in [0.717, 1.165) is 49.2 Å². The van der Waals surface area contributed by atoms with E-state index in [1.165, 1.54) is 0 Å². The van der Waals surface area contributed by atoms with Crippen molar-refractivity contribution in [1.29, 1.82) is 0 Å². The molecule has 2 saturated carbocycles. The Hall–Kier alpha value is -2.67. The molecule has 0 atom stereocenters. The second-order valence-electron chi connectivity index (χ2n) is 8.95. The predicted octanol–water partition coefficient (Wildman–Crippen LogP) is 3.24. The first-order valence-corrected chi connectivity index (χ1v) is 11.9.